The van der Waals surface area contributed by atoms with Crippen LogP contribution in [0, 0.1) is 6.92 Å². The Labute approximate surface area is 120 Å². The van der Waals surface area contributed by atoms with E-state index in [0.29, 0.717) is 11.7 Å². The summed E-state index contributed by atoms with van der Waals surface area (Å²) in [6.07, 6.45) is 4.91. The first-order valence-electron chi connectivity index (χ1n) is 7.17. The average molecular weight is 277 g/mol. The molecule has 104 valence electrons. The summed E-state index contributed by atoms with van der Waals surface area (Å²) in [5, 5.41) is 0. The fourth-order valence-corrected chi connectivity index (χ4v) is 3.24. The van der Waals surface area contributed by atoms with Crippen LogP contribution in [0.25, 0.3) is 0 Å². The van der Waals surface area contributed by atoms with E-state index in [0.717, 1.165) is 18.8 Å². The number of hydrogen-bond donors (Lipinski definition) is 0. The number of likely N-dealkylation sites (tertiary alicyclic amines) is 1. The van der Waals surface area contributed by atoms with Gasteiger partial charge in [0.15, 0.2) is 0 Å². The van der Waals surface area contributed by atoms with Crippen molar-refractivity contribution in [2.75, 3.05) is 18.8 Å². The van der Waals surface area contributed by atoms with Crippen molar-refractivity contribution < 1.29 is 4.79 Å². The molecule has 0 saturated carbocycles. The Hall–Kier alpha value is -0.960. The number of hydrogen-bond acceptors (Lipinski definition) is 2. The van der Waals surface area contributed by atoms with Crippen LogP contribution in [-0.4, -0.2) is 29.6 Å². The Morgan fingerprint density at radius 2 is 1.74 bits per heavy atom. The van der Waals surface area contributed by atoms with Crippen molar-refractivity contribution in [1.29, 1.82) is 0 Å². The predicted octanol–water partition coefficient (Wildman–Crippen LogP) is 3.63. The minimum Gasteiger partial charge on any atom is -0.342 e. The molecule has 1 saturated heterocycles. The van der Waals surface area contributed by atoms with Crippen LogP contribution in [0.1, 0.15) is 36.8 Å². The number of aryl methyl sites for hydroxylation is 1. The summed E-state index contributed by atoms with van der Waals surface area (Å²) in [4.78, 5) is 14.2. The lowest BCUT2D eigenvalue weighted by Crippen LogP contribution is -2.33. The summed E-state index contributed by atoms with van der Waals surface area (Å²) in [6, 6.07) is 8.57. The van der Waals surface area contributed by atoms with Gasteiger partial charge in [0.2, 0.25) is 5.91 Å². The second-order valence-corrected chi connectivity index (χ2v) is 6.26. The molecule has 0 unspecified atom stereocenters. The number of benzene rings is 1. The summed E-state index contributed by atoms with van der Waals surface area (Å²) in [5.41, 5.74) is 2.59. The highest BCUT2D eigenvalue weighted by Crippen LogP contribution is 2.15. The van der Waals surface area contributed by atoms with E-state index in [1.165, 1.54) is 36.8 Å². The third-order valence-electron chi connectivity index (χ3n) is 3.57. The highest BCUT2D eigenvalue weighted by Gasteiger charge is 2.14. The molecular formula is C16H23NOS. The van der Waals surface area contributed by atoms with E-state index in [9.17, 15) is 4.79 Å². The monoisotopic (exact) mass is 277 g/mol. The van der Waals surface area contributed by atoms with Gasteiger partial charge >= 0.3 is 0 Å². The molecule has 3 heteroatoms. The van der Waals surface area contributed by atoms with Crippen molar-refractivity contribution in [1.82, 2.24) is 4.90 Å². The molecule has 1 heterocycles. The minimum absolute atomic E-state index is 0.319. The lowest BCUT2D eigenvalue weighted by Gasteiger charge is -2.19. The zero-order valence-electron chi connectivity index (χ0n) is 11.7. The smallest absolute Gasteiger partial charge is 0.232 e. The molecule has 1 aromatic rings. The quantitative estimate of drug-likeness (QED) is 0.837. The lowest BCUT2D eigenvalue weighted by molar-refractivity contribution is -0.128. The molecule has 0 atom stereocenters. The standard InChI is InChI=1S/C16H23NOS/c1-14-6-8-15(9-7-14)12-19-13-16(18)17-10-4-2-3-5-11-17/h6-9H,2-5,10-13H2,1H3. The average Bonchev–Trinajstić information content (AvgIpc) is 2.70. The maximum absolute atomic E-state index is 12.1. The first-order chi connectivity index (χ1) is 9.25. The van der Waals surface area contributed by atoms with Gasteiger partial charge in [0.05, 0.1) is 5.75 Å². The van der Waals surface area contributed by atoms with Gasteiger partial charge in [0.25, 0.3) is 0 Å². The molecule has 1 fully saturated rings. The third-order valence-corrected chi connectivity index (χ3v) is 4.56. The largest absolute Gasteiger partial charge is 0.342 e. The molecule has 1 aliphatic rings. The van der Waals surface area contributed by atoms with Crippen LogP contribution in [0.2, 0.25) is 0 Å². The zero-order chi connectivity index (χ0) is 13.5. The van der Waals surface area contributed by atoms with Crippen LogP contribution in [-0.2, 0) is 10.5 Å². The summed E-state index contributed by atoms with van der Waals surface area (Å²) in [6.45, 7) is 4.02. The fourth-order valence-electron chi connectivity index (χ4n) is 2.35. The van der Waals surface area contributed by atoms with Gasteiger partial charge in [-0.1, -0.05) is 42.7 Å². The van der Waals surface area contributed by atoms with E-state index in [-0.39, 0.29) is 0 Å². The lowest BCUT2D eigenvalue weighted by atomic mass is 10.2. The summed E-state index contributed by atoms with van der Waals surface area (Å²) in [7, 11) is 0. The molecule has 1 aliphatic heterocycles. The van der Waals surface area contributed by atoms with Crippen molar-refractivity contribution in [2.45, 2.75) is 38.4 Å². The second-order valence-electron chi connectivity index (χ2n) is 5.27. The molecule has 2 rings (SSSR count). The van der Waals surface area contributed by atoms with Gasteiger partial charge in [0, 0.05) is 18.8 Å². The molecule has 0 radical (unpaired) electrons. The summed E-state index contributed by atoms with van der Waals surface area (Å²) < 4.78 is 0. The van der Waals surface area contributed by atoms with E-state index in [1.807, 2.05) is 0 Å². The fraction of sp³-hybridized carbons (Fsp3) is 0.562. The Morgan fingerprint density at radius 1 is 1.11 bits per heavy atom. The van der Waals surface area contributed by atoms with E-state index >= 15 is 0 Å². The van der Waals surface area contributed by atoms with Crippen molar-refractivity contribution in [2.24, 2.45) is 0 Å². The number of carbonyl (C=O) groups is 1. The van der Waals surface area contributed by atoms with Crippen molar-refractivity contribution in [3.8, 4) is 0 Å². The molecule has 1 amide bonds. The number of amides is 1. The molecule has 0 aliphatic carbocycles. The number of carbonyl (C=O) groups excluding carboxylic acids is 1. The van der Waals surface area contributed by atoms with Crippen LogP contribution in [0.5, 0.6) is 0 Å². The molecule has 0 N–H and O–H groups in total. The van der Waals surface area contributed by atoms with E-state index in [1.54, 1.807) is 11.8 Å². The molecule has 0 spiro atoms. The van der Waals surface area contributed by atoms with Crippen LogP contribution in [0.15, 0.2) is 24.3 Å². The normalized spacial score (nSPS) is 16.2. The van der Waals surface area contributed by atoms with Gasteiger partial charge in [-0.3, -0.25) is 4.79 Å². The minimum atomic E-state index is 0.319. The first-order valence-corrected chi connectivity index (χ1v) is 8.32. The number of thioether (sulfide) groups is 1. The third kappa shape index (κ3) is 4.90. The maximum Gasteiger partial charge on any atom is 0.232 e. The van der Waals surface area contributed by atoms with Crippen molar-refractivity contribution >= 4 is 17.7 Å². The van der Waals surface area contributed by atoms with Crippen LogP contribution in [0.4, 0.5) is 0 Å². The van der Waals surface area contributed by atoms with Gasteiger partial charge in [-0.05, 0) is 25.3 Å². The molecule has 2 nitrogen and oxygen atoms in total. The predicted molar refractivity (Wildman–Crippen MR) is 82.4 cm³/mol. The van der Waals surface area contributed by atoms with Gasteiger partial charge in [0.1, 0.15) is 0 Å². The maximum atomic E-state index is 12.1. The highest BCUT2D eigenvalue weighted by molar-refractivity contribution is 7.99. The van der Waals surface area contributed by atoms with Gasteiger partial charge in [-0.15, -0.1) is 11.8 Å². The van der Waals surface area contributed by atoms with Crippen molar-refractivity contribution in [3.05, 3.63) is 35.4 Å². The van der Waals surface area contributed by atoms with Gasteiger partial charge in [-0.25, -0.2) is 0 Å². The molecular weight excluding hydrogens is 254 g/mol. The van der Waals surface area contributed by atoms with Crippen molar-refractivity contribution in [3.63, 3.8) is 0 Å². The Morgan fingerprint density at radius 3 is 2.37 bits per heavy atom. The van der Waals surface area contributed by atoms with Gasteiger partial charge in [-0.2, -0.15) is 0 Å². The summed E-state index contributed by atoms with van der Waals surface area (Å²) in [5.74, 6) is 1.87. The zero-order valence-corrected chi connectivity index (χ0v) is 12.5. The van der Waals surface area contributed by atoms with Crippen LogP contribution < -0.4 is 0 Å². The molecule has 19 heavy (non-hydrogen) atoms. The van der Waals surface area contributed by atoms with E-state index in [2.05, 4.69) is 36.1 Å². The number of nitrogens with zero attached hydrogens (tertiary/aromatic N) is 1. The molecule has 1 aromatic carbocycles. The second kappa shape index (κ2) is 7.59. The molecule has 0 aromatic heterocycles. The first kappa shape index (κ1) is 14.4. The van der Waals surface area contributed by atoms with Crippen LogP contribution >= 0.6 is 11.8 Å². The molecule has 0 bridgehead atoms. The summed E-state index contributed by atoms with van der Waals surface area (Å²) >= 11 is 1.73. The van der Waals surface area contributed by atoms with E-state index < -0.39 is 0 Å². The topological polar surface area (TPSA) is 20.3 Å². The Balaban J connectivity index is 1.72. The Kier molecular flexibility index (Phi) is 5.77. The van der Waals surface area contributed by atoms with Gasteiger partial charge < -0.3 is 4.90 Å². The van der Waals surface area contributed by atoms with E-state index in [4.69, 9.17) is 0 Å². The Bertz CT molecular complexity index is 394. The number of rotatable bonds is 4. The SMILES string of the molecule is Cc1ccc(CSCC(=O)N2CCCCCC2)cc1. The highest BCUT2D eigenvalue weighted by atomic mass is 32.2. The van der Waals surface area contributed by atoms with Crippen LogP contribution in [0.3, 0.4) is 0 Å².